The lowest BCUT2D eigenvalue weighted by Gasteiger charge is -2.10. The Balaban J connectivity index is 1.31. The van der Waals surface area contributed by atoms with E-state index in [1.54, 1.807) is 24.3 Å². The number of aromatic amines is 2. The molecule has 8 aromatic rings. The molecule has 62 heavy (non-hydrogen) atoms. The highest BCUT2D eigenvalue weighted by atomic mass is 32.2. The normalized spacial score (nSPS) is 12.1. The van der Waals surface area contributed by atoms with Crippen molar-refractivity contribution in [1.82, 2.24) is 19.9 Å². The lowest BCUT2D eigenvalue weighted by atomic mass is 10.0. The molecule has 10 heteroatoms. The summed E-state index contributed by atoms with van der Waals surface area (Å²) >= 11 is 0. The first-order chi connectivity index (χ1) is 30.2. The Kier molecular flexibility index (Phi) is 9.61. The van der Waals surface area contributed by atoms with Crippen LogP contribution in [-0.2, 0) is 15.6 Å². The van der Waals surface area contributed by atoms with E-state index in [1.165, 1.54) is 18.2 Å². The number of hydrogen-bond donors (Lipinski definition) is 2. The Morgan fingerprint density at radius 1 is 0.500 bits per heavy atom. The Labute approximate surface area is 357 Å². The van der Waals surface area contributed by atoms with E-state index >= 15 is 0 Å². The van der Waals surface area contributed by atoms with Crippen LogP contribution in [0.2, 0.25) is 0 Å². The number of nitro groups is 1. The molecule has 9 nitrogen and oxygen atoms in total. The molecule has 300 valence electrons. The molecule has 5 heterocycles. The van der Waals surface area contributed by atoms with E-state index in [-0.39, 0.29) is 16.1 Å². The minimum atomic E-state index is -3.96. The highest BCUT2D eigenvalue weighted by molar-refractivity contribution is 7.90. The molecule has 0 spiro atoms. The fraction of sp³-hybridized carbons (Fsp3) is 0.0385. The van der Waals surface area contributed by atoms with Gasteiger partial charge in [-0.2, -0.15) is 0 Å². The molecule has 2 aliphatic heterocycles. The van der Waals surface area contributed by atoms with Gasteiger partial charge in [-0.05, 0) is 102 Å². The number of nitrogens with one attached hydrogen (secondary N) is 2. The summed E-state index contributed by atoms with van der Waals surface area (Å²) in [7, 11) is -3.96. The SMILES string of the molecule is Cc1ccc(S(=O)(=O)Cc2cc(-c3c4nc(c(-c5ccccc5)c5ccc([nH]5)c(-c5ccccc5)c5nc(c(-c6ccccc6)c6ccc3[nH]6)C=C5)C=C4)ccc2[N+](=O)[O-])cc1. The summed E-state index contributed by atoms with van der Waals surface area (Å²) in [5, 5.41) is 12.5. The third-order valence-electron chi connectivity index (χ3n) is 11.2. The molecule has 0 atom stereocenters. The lowest BCUT2D eigenvalue weighted by Crippen LogP contribution is -2.07. The van der Waals surface area contributed by atoms with Crippen LogP contribution in [0.25, 0.3) is 90.9 Å². The zero-order valence-corrected chi connectivity index (χ0v) is 34.2. The van der Waals surface area contributed by atoms with Gasteiger partial charge in [-0.3, -0.25) is 10.1 Å². The van der Waals surface area contributed by atoms with Gasteiger partial charge in [0.05, 0.1) is 38.3 Å². The summed E-state index contributed by atoms with van der Waals surface area (Å²) < 4.78 is 27.6. The first-order valence-electron chi connectivity index (χ1n) is 20.1. The summed E-state index contributed by atoms with van der Waals surface area (Å²) in [5.41, 5.74) is 13.6. The van der Waals surface area contributed by atoms with Crippen LogP contribution in [0.15, 0.2) is 163 Å². The van der Waals surface area contributed by atoms with Crippen LogP contribution in [0.4, 0.5) is 5.69 Å². The van der Waals surface area contributed by atoms with E-state index in [4.69, 9.17) is 9.97 Å². The van der Waals surface area contributed by atoms with Gasteiger partial charge in [0, 0.05) is 56.0 Å². The maximum absolute atomic E-state index is 13.8. The van der Waals surface area contributed by atoms with Gasteiger partial charge in [0.15, 0.2) is 9.84 Å². The maximum Gasteiger partial charge on any atom is 0.273 e. The largest absolute Gasteiger partial charge is 0.354 e. The van der Waals surface area contributed by atoms with E-state index < -0.39 is 20.5 Å². The van der Waals surface area contributed by atoms with E-state index in [0.29, 0.717) is 28.0 Å². The number of aromatic nitrogens is 4. The minimum absolute atomic E-state index is 0.0669. The summed E-state index contributed by atoms with van der Waals surface area (Å²) in [6, 6.07) is 49.6. The first kappa shape index (κ1) is 38.3. The Morgan fingerprint density at radius 3 is 1.27 bits per heavy atom. The van der Waals surface area contributed by atoms with Crippen LogP contribution in [0.3, 0.4) is 0 Å². The number of nitrogens with zero attached hydrogens (tertiary/aromatic N) is 3. The van der Waals surface area contributed by atoms with Gasteiger partial charge < -0.3 is 9.97 Å². The lowest BCUT2D eigenvalue weighted by molar-refractivity contribution is -0.385. The maximum atomic E-state index is 13.8. The topological polar surface area (TPSA) is 135 Å². The standard InChI is InChI=1S/C52H37N5O4S/c1-33-17-20-39(21-18-33)62(60,61)32-38-31-37(19-30-48(38)57(58)59)52-46-28-26-44(55-46)50(35-13-7-3-8-14-35)42-24-22-40(53-42)49(34-11-5-2-6-12-34)41-23-25-43(54-41)51(36-15-9-4-10-16-36)45-27-29-47(52)56-45/h2-31,53,56H,32H2,1H3. The minimum Gasteiger partial charge on any atom is -0.354 e. The van der Waals surface area contributed by atoms with Gasteiger partial charge in [-0.1, -0.05) is 109 Å². The number of nitro benzene ring substituents is 1. The number of rotatable bonds is 8. The average Bonchev–Trinajstić information content (AvgIpc) is 4.13. The molecule has 0 aliphatic carbocycles. The second-order valence-corrected chi connectivity index (χ2v) is 17.3. The molecule has 0 radical (unpaired) electrons. The second-order valence-electron chi connectivity index (χ2n) is 15.3. The van der Waals surface area contributed by atoms with Crippen LogP contribution < -0.4 is 0 Å². The highest BCUT2D eigenvalue weighted by Crippen LogP contribution is 2.39. The van der Waals surface area contributed by atoms with Crippen LogP contribution >= 0.6 is 0 Å². The molecule has 0 unspecified atom stereocenters. The number of aryl methyl sites for hydroxylation is 1. The van der Waals surface area contributed by atoms with Gasteiger partial charge in [0.1, 0.15) is 0 Å². The molecule has 0 saturated carbocycles. The molecule has 3 aromatic heterocycles. The summed E-state index contributed by atoms with van der Waals surface area (Å²) in [6.07, 6.45) is 8.00. The first-order valence-corrected chi connectivity index (χ1v) is 21.7. The van der Waals surface area contributed by atoms with Gasteiger partial charge in [0.25, 0.3) is 5.69 Å². The number of H-pyrrole nitrogens is 2. The van der Waals surface area contributed by atoms with Gasteiger partial charge in [0.2, 0.25) is 0 Å². The Bertz CT molecular complexity index is 3370. The monoisotopic (exact) mass is 827 g/mol. The van der Waals surface area contributed by atoms with Crippen molar-refractivity contribution in [3.05, 3.63) is 202 Å². The van der Waals surface area contributed by atoms with E-state index in [1.807, 2.05) is 91.9 Å². The molecule has 8 bridgehead atoms. The molecule has 10 rings (SSSR count). The van der Waals surface area contributed by atoms with Crippen LogP contribution in [0.1, 0.15) is 33.9 Å². The fourth-order valence-electron chi connectivity index (χ4n) is 8.30. The predicted octanol–water partition coefficient (Wildman–Crippen LogP) is 12.5. The molecule has 2 N–H and O–H groups in total. The van der Waals surface area contributed by atoms with E-state index in [0.717, 1.165) is 66.9 Å². The van der Waals surface area contributed by atoms with Crippen molar-refractivity contribution < 1.29 is 13.3 Å². The fourth-order valence-corrected chi connectivity index (χ4v) is 9.66. The van der Waals surface area contributed by atoms with Crippen LogP contribution in [0.5, 0.6) is 0 Å². The number of sulfone groups is 1. The van der Waals surface area contributed by atoms with Crippen molar-refractivity contribution >= 4 is 61.9 Å². The predicted molar refractivity (Wildman–Crippen MR) is 249 cm³/mol. The third kappa shape index (κ3) is 7.12. The van der Waals surface area contributed by atoms with E-state index in [9.17, 15) is 18.5 Å². The summed E-state index contributed by atoms with van der Waals surface area (Å²) in [4.78, 5) is 30.1. The van der Waals surface area contributed by atoms with E-state index in [2.05, 4.69) is 64.6 Å². The highest BCUT2D eigenvalue weighted by Gasteiger charge is 2.25. The summed E-state index contributed by atoms with van der Waals surface area (Å²) in [6.45, 7) is 1.87. The van der Waals surface area contributed by atoms with Crippen molar-refractivity contribution in [3.63, 3.8) is 0 Å². The van der Waals surface area contributed by atoms with Crippen LogP contribution in [-0.4, -0.2) is 33.3 Å². The molecular formula is C52H37N5O4S. The second kappa shape index (κ2) is 15.6. The molecular weight excluding hydrogens is 791 g/mol. The van der Waals surface area contributed by atoms with Crippen molar-refractivity contribution in [1.29, 1.82) is 0 Å². The number of fused-ring (bicyclic) bond motifs is 8. The Morgan fingerprint density at radius 2 is 0.887 bits per heavy atom. The van der Waals surface area contributed by atoms with Gasteiger partial charge >= 0.3 is 0 Å². The van der Waals surface area contributed by atoms with Crippen LogP contribution in [0, 0.1) is 17.0 Å². The smallest absolute Gasteiger partial charge is 0.273 e. The molecule has 0 saturated heterocycles. The van der Waals surface area contributed by atoms with Crippen molar-refractivity contribution in [2.45, 2.75) is 17.6 Å². The molecule has 0 fully saturated rings. The third-order valence-corrected chi connectivity index (χ3v) is 12.9. The number of benzene rings is 5. The molecule has 5 aromatic carbocycles. The van der Waals surface area contributed by atoms with Gasteiger partial charge in [-0.25, -0.2) is 18.4 Å². The van der Waals surface area contributed by atoms with Crippen molar-refractivity contribution in [2.75, 3.05) is 0 Å². The van der Waals surface area contributed by atoms with Crippen molar-refractivity contribution in [3.8, 4) is 44.5 Å². The Hall–Kier alpha value is -7.95. The number of hydrogen-bond acceptors (Lipinski definition) is 6. The zero-order valence-electron chi connectivity index (χ0n) is 33.4. The zero-order chi connectivity index (χ0) is 42.4. The summed E-state index contributed by atoms with van der Waals surface area (Å²) in [5.74, 6) is -0.566. The van der Waals surface area contributed by atoms with Gasteiger partial charge in [-0.15, -0.1) is 0 Å². The quantitative estimate of drug-likeness (QED) is 0.116. The van der Waals surface area contributed by atoms with Crippen molar-refractivity contribution in [2.24, 2.45) is 0 Å². The molecule has 2 aliphatic rings. The molecule has 0 amide bonds. The average molecular weight is 828 g/mol.